The van der Waals surface area contributed by atoms with Gasteiger partial charge in [0.15, 0.2) is 0 Å². The molecule has 2 N–H and O–H groups in total. The van der Waals surface area contributed by atoms with Crippen LogP contribution in [0.1, 0.15) is 47.2 Å². The van der Waals surface area contributed by atoms with Crippen molar-refractivity contribution in [2.24, 2.45) is 0 Å². The van der Waals surface area contributed by atoms with Gasteiger partial charge >= 0.3 is 0 Å². The lowest BCUT2D eigenvalue weighted by Gasteiger charge is -2.57. The number of halogens is 1. The van der Waals surface area contributed by atoms with Crippen molar-refractivity contribution < 1.29 is 19.4 Å². The van der Waals surface area contributed by atoms with Crippen LogP contribution < -0.4 is 0 Å². The first-order chi connectivity index (χ1) is 15.5. The van der Waals surface area contributed by atoms with E-state index in [2.05, 4.69) is 16.7 Å². The molecule has 168 valence electrons. The third-order valence-corrected chi connectivity index (χ3v) is 6.45. The van der Waals surface area contributed by atoms with Crippen molar-refractivity contribution in [2.45, 2.75) is 43.9 Å². The quantitative estimate of drug-likeness (QED) is 0.727. The molecule has 2 aliphatic rings. The molecule has 0 aromatic heterocycles. The maximum absolute atomic E-state index is 13.7. The molecule has 5 nitrogen and oxygen atoms in total. The number of amides is 1. The monoisotopic (exact) mass is 436 g/mol. The van der Waals surface area contributed by atoms with E-state index in [0.29, 0.717) is 18.7 Å². The summed E-state index contributed by atoms with van der Waals surface area (Å²) in [6.45, 7) is 3.76. The molecular weight excluding hydrogens is 407 g/mol. The van der Waals surface area contributed by atoms with Crippen LogP contribution in [0.2, 0.25) is 0 Å². The molecular formula is C26H29FN2O3. The van der Waals surface area contributed by atoms with Crippen molar-refractivity contribution in [3.8, 4) is 11.8 Å². The molecule has 0 spiro atoms. The van der Waals surface area contributed by atoms with Gasteiger partial charge in [-0.2, -0.15) is 0 Å². The third-order valence-electron chi connectivity index (χ3n) is 6.45. The minimum Gasteiger partial charge on any atom is -0.395 e. The normalized spacial score (nSPS) is 24.2. The zero-order chi connectivity index (χ0) is 22.7. The fraction of sp³-hybridized carbons (Fsp3) is 0.423. The van der Waals surface area contributed by atoms with E-state index in [0.717, 1.165) is 30.5 Å². The predicted octanol–water partition coefficient (Wildman–Crippen LogP) is 2.62. The zero-order valence-electron chi connectivity index (χ0n) is 18.2. The number of carbonyl (C=O) groups is 1. The van der Waals surface area contributed by atoms with Crippen LogP contribution in [0.3, 0.4) is 0 Å². The van der Waals surface area contributed by atoms with Crippen LogP contribution in [-0.4, -0.2) is 70.3 Å². The summed E-state index contributed by atoms with van der Waals surface area (Å²) < 4.78 is 13.7. The highest BCUT2D eigenvalue weighted by molar-refractivity contribution is 5.94. The molecule has 1 amide bonds. The van der Waals surface area contributed by atoms with E-state index < -0.39 is 11.9 Å². The van der Waals surface area contributed by atoms with Crippen LogP contribution in [0.25, 0.3) is 0 Å². The van der Waals surface area contributed by atoms with Gasteiger partial charge in [-0.1, -0.05) is 30.0 Å². The van der Waals surface area contributed by atoms with E-state index in [9.17, 15) is 19.4 Å². The van der Waals surface area contributed by atoms with E-state index in [1.807, 2.05) is 29.2 Å². The number of nitrogens with zero attached hydrogens (tertiary/aromatic N) is 2. The largest absolute Gasteiger partial charge is 0.395 e. The fourth-order valence-electron chi connectivity index (χ4n) is 4.91. The minimum atomic E-state index is -0.676. The summed E-state index contributed by atoms with van der Waals surface area (Å²) in [5, 5.41) is 19.4. The van der Waals surface area contributed by atoms with Crippen LogP contribution in [0.4, 0.5) is 4.39 Å². The van der Waals surface area contributed by atoms with Gasteiger partial charge in [0.05, 0.1) is 6.61 Å². The Bertz CT molecular complexity index is 1010. The van der Waals surface area contributed by atoms with Crippen molar-refractivity contribution in [3.63, 3.8) is 0 Å². The van der Waals surface area contributed by atoms with Gasteiger partial charge in [-0.15, -0.1) is 0 Å². The van der Waals surface area contributed by atoms with Gasteiger partial charge in [0.2, 0.25) is 0 Å². The molecule has 6 heteroatoms. The Kier molecular flexibility index (Phi) is 6.90. The van der Waals surface area contributed by atoms with Crippen molar-refractivity contribution in [1.29, 1.82) is 0 Å². The summed E-state index contributed by atoms with van der Waals surface area (Å²) in [5.74, 6) is 5.22. The Morgan fingerprint density at radius 2 is 1.94 bits per heavy atom. The number of hydrogen-bond acceptors (Lipinski definition) is 4. The van der Waals surface area contributed by atoms with Crippen LogP contribution in [-0.2, 0) is 0 Å². The van der Waals surface area contributed by atoms with E-state index in [-0.39, 0.29) is 30.5 Å². The molecule has 2 aromatic carbocycles. The Balaban J connectivity index is 1.56. The summed E-state index contributed by atoms with van der Waals surface area (Å²) in [5.41, 5.74) is 2.30. The first kappa shape index (κ1) is 22.5. The molecule has 2 heterocycles. The number of carbonyl (C=O) groups excluding carboxylic acids is 1. The molecule has 4 rings (SSSR count). The smallest absolute Gasteiger partial charge is 0.254 e. The van der Waals surface area contributed by atoms with Crippen molar-refractivity contribution in [1.82, 2.24) is 9.80 Å². The Morgan fingerprint density at radius 1 is 1.19 bits per heavy atom. The second-order valence-electron chi connectivity index (χ2n) is 8.62. The maximum atomic E-state index is 13.7. The molecule has 0 bridgehead atoms. The van der Waals surface area contributed by atoms with Crippen molar-refractivity contribution >= 4 is 5.91 Å². The molecule has 0 saturated carbocycles. The average Bonchev–Trinajstić information content (AvgIpc) is 2.77. The number of hydrogen-bond donors (Lipinski definition) is 2. The Hall–Kier alpha value is -2.72. The standard InChI is InChI=1S/C26H29FN2O3/c1-18(31)7-8-19-9-11-20(12-10-19)25-23-16-28(13-2-3-14-29(23)24(25)17-30)26(32)21-5-4-6-22(27)15-21/h4-6,9-12,15,18,23-25,30-31H,2-3,13-14,16-17H2,1H3/t18-,23+,24-,25-/m0/s1. The van der Waals surface area contributed by atoms with E-state index in [4.69, 9.17) is 0 Å². The van der Waals surface area contributed by atoms with Gasteiger partial charge in [0.1, 0.15) is 11.9 Å². The minimum absolute atomic E-state index is 0.0126. The molecule has 2 fully saturated rings. The summed E-state index contributed by atoms with van der Waals surface area (Å²) in [4.78, 5) is 17.2. The number of aliphatic hydroxyl groups excluding tert-OH is 2. The molecule has 2 saturated heterocycles. The zero-order valence-corrected chi connectivity index (χ0v) is 18.2. The van der Waals surface area contributed by atoms with Gasteiger partial charge in [0.25, 0.3) is 5.91 Å². The van der Waals surface area contributed by atoms with Gasteiger partial charge in [0, 0.05) is 42.2 Å². The van der Waals surface area contributed by atoms with Crippen LogP contribution in [0, 0.1) is 17.7 Å². The lowest BCUT2D eigenvalue weighted by atomic mass is 9.74. The topological polar surface area (TPSA) is 64.0 Å². The van der Waals surface area contributed by atoms with Crippen LogP contribution >= 0.6 is 0 Å². The summed E-state index contributed by atoms with van der Waals surface area (Å²) in [6, 6.07) is 13.9. The van der Waals surface area contributed by atoms with Crippen LogP contribution in [0.15, 0.2) is 48.5 Å². The molecule has 4 atom stereocenters. The highest BCUT2D eigenvalue weighted by atomic mass is 19.1. The molecule has 0 aliphatic carbocycles. The van der Waals surface area contributed by atoms with Gasteiger partial charge in [-0.3, -0.25) is 9.69 Å². The highest BCUT2D eigenvalue weighted by Crippen LogP contribution is 2.42. The predicted molar refractivity (Wildman–Crippen MR) is 121 cm³/mol. The highest BCUT2D eigenvalue weighted by Gasteiger charge is 2.49. The maximum Gasteiger partial charge on any atom is 0.254 e. The first-order valence-corrected chi connectivity index (χ1v) is 11.2. The summed E-state index contributed by atoms with van der Waals surface area (Å²) >= 11 is 0. The Morgan fingerprint density at radius 3 is 2.62 bits per heavy atom. The second-order valence-corrected chi connectivity index (χ2v) is 8.62. The van der Waals surface area contributed by atoms with Gasteiger partial charge in [-0.05, 0) is 62.2 Å². The van der Waals surface area contributed by atoms with Gasteiger partial charge in [-0.25, -0.2) is 4.39 Å². The molecule has 0 unspecified atom stereocenters. The summed E-state index contributed by atoms with van der Waals surface area (Å²) in [7, 11) is 0. The SMILES string of the molecule is C[C@H](O)C#Cc1ccc([C@H]2[C@H]3CN(C(=O)c4cccc(F)c4)CCCCN3[C@H]2CO)cc1. The fourth-order valence-corrected chi connectivity index (χ4v) is 4.91. The number of rotatable bonds is 3. The van der Waals surface area contributed by atoms with E-state index >= 15 is 0 Å². The van der Waals surface area contributed by atoms with Crippen molar-refractivity contribution in [2.75, 3.05) is 26.2 Å². The number of fused-ring (bicyclic) bond motifs is 1. The second kappa shape index (κ2) is 9.83. The van der Waals surface area contributed by atoms with Gasteiger partial charge < -0.3 is 15.1 Å². The average molecular weight is 437 g/mol. The molecule has 0 radical (unpaired) electrons. The lowest BCUT2D eigenvalue weighted by molar-refractivity contribution is -0.0606. The third kappa shape index (κ3) is 4.71. The number of aliphatic hydroxyl groups is 2. The molecule has 32 heavy (non-hydrogen) atoms. The lowest BCUT2D eigenvalue weighted by Crippen LogP contribution is -2.67. The Labute approximate surface area is 188 Å². The molecule has 2 aromatic rings. The first-order valence-electron chi connectivity index (χ1n) is 11.2. The number of benzene rings is 2. The van der Waals surface area contributed by atoms with E-state index in [1.165, 1.54) is 12.1 Å². The van der Waals surface area contributed by atoms with Crippen molar-refractivity contribution in [3.05, 3.63) is 71.0 Å². The van der Waals surface area contributed by atoms with Crippen LogP contribution in [0.5, 0.6) is 0 Å². The molecule has 2 aliphatic heterocycles. The van der Waals surface area contributed by atoms with E-state index in [1.54, 1.807) is 19.1 Å². The summed E-state index contributed by atoms with van der Waals surface area (Å²) in [6.07, 6.45) is 1.15.